The summed E-state index contributed by atoms with van der Waals surface area (Å²) in [5.41, 5.74) is 1.64. The number of aromatic nitrogens is 2. The first-order valence-electron chi connectivity index (χ1n) is 7.52. The van der Waals surface area contributed by atoms with Gasteiger partial charge in [0.05, 0.1) is 14.2 Å². The van der Waals surface area contributed by atoms with Crippen molar-refractivity contribution in [3.05, 3.63) is 59.8 Å². The molecule has 3 aromatic rings. The minimum absolute atomic E-state index is 0.466. The number of nitrogens with one attached hydrogen (secondary N) is 2. The second kappa shape index (κ2) is 7.72. The van der Waals surface area contributed by atoms with E-state index in [0.29, 0.717) is 28.3 Å². The quantitative estimate of drug-likeness (QED) is 0.671. The molecule has 0 radical (unpaired) electrons. The first-order chi connectivity index (χ1) is 12.2. The maximum atomic E-state index is 5.99. The van der Waals surface area contributed by atoms with Gasteiger partial charge < -0.3 is 20.1 Å². The molecule has 2 N–H and O–H groups in total. The lowest BCUT2D eigenvalue weighted by molar-refractivity contribution is 0.355. The standard InChI is InChI=1S/C18H17ClN4O2/c1-24-15-7-6-14(11-16(15)25-2)21-17-8-9-20-18(23-17)22-13-5-3-4-12(19)10-13/h3-11H,1-2H3,(H2,20,21,22,23). The van der Waals surface area contributed by atoms with Gasteiger partial charge in [-0.1, -0.05) is 17.7 Å². The largest absolute Gasteiger partial charge is 0.493 e. The molecule has 7 heteroatoms. The van der Waals surface area contributed by atoms with Crippen molar-refractivity contribution < 1.29 is 9.47 Å². The van der Waals surface area contributed by atoms with Gasteiger partial charge in [0.2, 0.25) is 5.95 Å². The predicted octanol–water partition coefficient (Wildman–Crippen LogP) is 4.63. The number of methoxy groups -OCH3 is 2. The zero-order valence-corrected chi connectivity index (χ0v) is 14.5. The summed E-state index contributed by atoms with van der Waals surface area (Å²) < 4.78 is 10.5. The Morgan fingerprint density at radius 3 is 2.44 bits per heavy atom. The van der Waals surface area contributed by atoms with Gasteiger partial charge in [0, 0.05) is 28.7 Å². The highest BCUT2D eigenvalue weighted by molar-refractivity contribution is 6.30. The van der Waals surface area contributed by atoms with Crippen LogP contribution in [0.25, 0.3) is 0 Å². The van der Waals surface area contributed by atoms with E-state index in [1.807, 2.05) is 36.4 Å². The Labute approximate surface area is 150 Å². The van der Waals surface area contributed by atoms with E-state index in [4.69, 9.17) is 21.1 Å². The highest BCUT2D eigenvalue weighted by Gasteiger charge is 2.06. The Balaban J connectivity index is 1.78. The average molecular weight is 357 g/mol. The molecule has 1 heterocycles. The van der Waals surface area contributed by atoms with Gasteiger partial charge in [-0.15, -0.1) is 0 Å². The summed E-state index contributed by atoms with van der Waals surface area (Å²) in [5.74, 6) is 2.41. The van der Waals surface area contributed by atoms with Crippen molar-refractivity contribution in [1.29, 1.82) is 0 Å². The lowest BCUT2D eigenvalue weighted by Crippen LogP contribution is -2.00. The Bertz CT molecular complexity index is 873. The Morgan fingerprint density at radius 1 is 0.880 bits per heavy atom. The van der Waals surface area contributed by atoms with Crippen molar-refractivity contribution >= 4 is 34.7 Å². The van der Waals surface area contributed by atoms with E-state index in [-0.39, 0.29) is 0 Å². The van der Waals surface area contributed by atoms with Gasteiger partial charge in [-0.2, -0.15) is 4.98 Å². The number of hydrogen-bond acceptors (Lipinski definition) is 6. The zero-order chi connectivity index (χ0) is 17.6. The third kappa shape index (κ3) is 4.30. The molecule has 6 nitrogen and oxygen atoms in total. The SMILES string of the molecule is COc1ccc(Nc2ccnc(Nc3cccc(Cl)c3)n2)cc1OC. The fourth-order valence-corrected chi connectivity index (χ4v) is 2.44. The molecule has 0 amide bonds. The van der Waals surface area contributed by atoms with Crippen LogP contribution < -0.4 is 20.1 Å². The highest BCUT2D eigenvalue weighted by atomic mass is 35.5. The molecule has 0 unspecified atom stereocenters. The number of rotatable bonds is 6. The third-order valence-electron chi connectivity index (χ3n) is 3.39. The molecule has 0 bridgehead atoms. The number of ether oxygens (including phenoxy) is 2. The number of hydrogen-bond donors (Lipinski definition) is 2. The average Bonchev–Trinajstić information content (AvgIpc) is 2.62. The van der Waals surface area contributed by atoms with Crippen LogP contribution >= 0.6 is 11.6 Å². The molecule has 0 fully saturated rings. The minimum atomic E-state index is 0.466. The van der Waals surface area contributed by atoms with Gasteiger partial charge in [-0.25, -0.2) is 4.98 Å². The van der Waals surface area contributed by atoms with E-state index in [9.17, 15) is 0 Å². The molecule has 2 aromatic carbocycles. The van der Waals surface area contributed by atoms with Crippen molar-refractivity contribution in [2.75, 3.05) is 24.9 Å². The van der Waals surface area contributed by atoms with E-state index >= 15 is 0 Å². The normalized spacial score (nSPS) is 10.2. The molecule has 0 aliphatic rings. The van der Waals surface area contributed by atoms with Crippen LogP contribution in [-0.2, 0) is 0 Å². The summed E-state index contributed by atoms with van der Waals surface area (Å²) in [5, 5.41) is 6.98. The van der Waals surface area contributed by atoms with Crippen LogP contribution in [0.5, 0.6) is 11.5 Å². The molecule has 0 spiro atoms. The van der Waals surface area contributed by atoms with Crippen molar-refractivity contribution in [2.24, 2.45) is 0 Å². The van der Waals surface area contributed by atoms with Gasteiger partial charge in [-0.3, -0.25) is 0 Å². The predicted molar refractivity (Wildman–Crippen MR) is 99.6 cm³/mol. The van der Waals surface area contributed by atoms with Gasteiger partial charge in [0.1, 0.15) is 5.82 Å². The van der Waals surface area contributed by atoms with E-state index in [1.54, 1.807) is 32.5 Å². The molecule has 0 saturated carbocycles. The fourth-order valence-electron chi connectivity index (χ4n) is 2.25. The van der Waals surface area contributed by atoms with Gasteiger partial charge in [0.25, 0.3) is 0 Å². The fraction of sp³-hybridized carbons (Fsp3) is 0.111. The van der Waals surface area contributed by atoms with Gasteiger partial charge >= 0.3 is 0 Å². The van der Waals surface area contributed by atoms with Crippen LogP contribution in [0.3, 0.4) is 0 Å². The number of nitrogens with zero attached hydrogens (tertiary/aromatic N) is 2. The number of halogens is 1. The molecular formula is C18H17ClN4O2. The van der Waals surface area contributed by atoms with Crippen LogP contribution in [0.2, 0.25) is 5.02 Å². The lowest BCUT2D eigenvalue weighted by Gasteiger charge is -2.11. The molecular weight excluding hydrogens is 340 g/mol. The first-order valence-corrected chi connectivity index (χ1v) is 7.90. The molecule has 3 rings (SSSR count). The maximum Gasteiger partial charge on any atom is 0.229 e. The summed E-state index contributed by atoms with van der Waals surface area (Å²) in [7, 11) is 3.20. The lowest BCUT2D eigenvalue weighted by atomic mass is 10.2. The molecule has 0 aliphatic carbocycles. The topological polar surface area (TPSA) is 68.3 Å². The van der Waals surface area contributed by atoms with Crippen LogP contribution in [0.15, 0.2) is 54.7 Å². The first kappa shape index (κ1) is 16.9. The van der Waals surface area contributed by atoms with E-state index in [0.717, 1.165) is 11.4 Å². The van der Waals surface area contributed by atoms with Crippen LogP contribution in [0.4, 0.5) is 23.1 Å². The summed E-state index contributed by atoms with van der Waals surface area (Å²) in [4.78, 5) is 8.66. The minimum Gasteiger partial charge on any atom is -0.493 e. The summed E-state index contributed by atoms with van der Waals surface area (Å²) in [6.45, 7) is 0. The summed E-state index contributed by atoms with van der Waals surface area (Å²) in [6, 6.07) is 14.7. The molecule has 0 aliphatic heterocycles. The second-order valence-electron chi connectivity index (χ2n) is 5.10. The number of benzene rings is 2. The summed E-state index contributed by atoms with van der Waals surface area (Å²) >= 11 is 5.99. The maximum absolute atomic E-state index is 5.99. The van der Waals surface area contributed by atoms with Crippen molar-refractivity contribution in [1.82, 2.24) is 9.97 Å². The molecule has 128 valence electrons. The monoisotopic (exact) mass is 356 g/mol. The zero-order valence-electron chi connectivity index (χ0n) is 13.8. The van der Waals surface area contributed by atoms with Gasteiger partial charge in [0.15, 0.2) is 11.5 Å². The van der Waals surface area contributed by atoms with E-state index < -0.39 is 0 Å². The van der Waals surface area contributed by atoms with E-state index in [1.165, 1.54) is 0 Å². The Hall–Kier alpha value is -2.99. The summed E-state index contributed by atoms with van der Waals surface area (Å²) in [6.07, 6.45) is 1.67. The van der Waals surface area contributed by atoms with Crippen molar-refractivity contribution in [2.45, 2.75) is 0 Å². The van der Waals surface area contributed by atoms with Crippen LogP contribution in [0, 0.1) is 0 Å². The van der Waals surface area contributed by atoms with E-state index in [2.05, 4.69) is 20.6 Å². The molecule has 25 heavy (non-hydrogen) atoms. The van der Waals surface area contributed by atoms with Crippen LogP contribution in [-0.4, -0.2) is 24.2 Å². The van der Waals surface area contributed by atoms with Gasteiger partial charge in [-0.05, 0) is 36.4 Å². The second-order valence-corrected chi connectivity index (χ2v) is 5.53. The molecule has 0 saturated heterocycles. The smallest absolute Gasteiger partial charge is 0.229 e. The highest BCUT2D eigenvalue weighted by Crippen LogP contribution is 2.31. The van der Waals surface area contributed by atoms with Crippen LogP contribution in [0.1, 0.15) is 0 Å². The molecule has 0 atom stereocenters. The number of anilines is 4. The third-order valence-corrected chi connectivity index (χ3v) is 3.63. The Kier molecular flexibility index (Phi) is 5.20. The van der Waals surface area contributed by atoms with Crippen molar-refractivity contribution in [3.63, 3.8) is 0 Å². The Morgan fingerprint density at radius 2 is 1.68 bits per heavy atom. The van der Waals surface area contributed by atoms with Crippen molar-refractivity contribution in [3.8, 4) is 11.5 Å². The molecule has 1 aromatic heterocycles.